The van der Waals surface area contributed by atoms with Crippen LogP contribution in [0.25, 0.3) is 0 Å². The maximum atomic E-state index is 14.5. The molecule has 2 unspecified atom stereocenters. The van der Waals surface area contributed by atoms with Gasteiger partial charge in [0.15, 0.2) is 0 Å². The highest BCUT2D eigenvalue weighted by Crippen LogP contribution is 2.32. The van der Waals surface area contributed by atoms with Gasteiger partial charge in [-0.2, -0.15) is 0 Å². The summed E-state index contributed by atoms with van der Waals surface area (Å²) < 4.78 is 14.5. The summed E-state index contributed by atoms with van der Waals surface area (Å²) in [6, 6.07) is 5.85. The quantitative estimate of drug-likeness (QED) is 0.891. The van der Waals surface area contributed by atoms with Crippen LogP contribution >= 0.6 is 0 Å². The number of hydrogen-bond acceptors (Lipinski definition) is 2. The predicted octanol–water partition coefficient (Wildman–Crippen LogP) is 4.34. The van der Waals surface area contributed by atoms with Gasteiger partial charge in [0, 0.05) is 24.7 Å². The summed E-state index contributed by atoms with van der Waals surface area (Å²) >= 11 is 0. The first kappa shape index (κ1) is 16.3. The fourth-order valence-corrected chi connectivity index (χ4v) is 2.98. The van der Waals surface area contributed by atoms with E-state index in [1.807, 2.05) is 12.1 Å². The summed E-state index contributed by atoms with van der Waals surface area (Å²) in [5.74, 6) is 0.536. The van der Waals surface area contributed by atoms with Crippen LogP contribution in [0, 0.1) is 11.7 Å². The lowest BCUT2D eigenvalue weighted by molar-refractivity contribution is 0.383. The molecule has 1 aromatic carbocycles. The Morgan fingerprint density at radius 2 is 1.95 bits per heavy atom. The summed E-state index contributed by atoms with van der Waals surface area (Å²) in [5.41, 5.74) is 1.89. The average Bonchev–Trinajstić information content (AvgIpc) is 2.39. The zero-order chi connectivity index (χ0) is 15.6. The van der Waals surface area contributed by atoms with Gasteiger partial charge in [-0.3, -0.25) is 0 Å². The van der Waals surface area contributed by atoms with Crippen LogP contribution in [0.15, 0.2) is 18.2 Å². The molecule has 118 valence electrons. The average molecular weight is 292 g/mol. The second-order valence-electron chi connectivity index (χ2n) is 7.54. The van der Waals surface area contributed by atoms with Gasteiger partial charge < -0.3 is 10.2 Å². The molecule has 2 atom stereocenters. The van der Waals surface area contributed by atoms with Crippen molar-refractivity contribution in [1.82, 2.24) is 5.32 Å². The smallest absolute Gasteiger partial charge is 0.146 e. The third-order valence-corrected chi connectivity index (χ3v) is 4.28. The first-order valence-electron chi connectivity index (χ1n) is 8.07. The first-order chi connectivity index (χ1) is 9.78. The van der Waals surface area contributed by atoms with Gasteiger partial charge in [0.1, 0.15) is 5.82 Å². The van der Waals surface area contributed by atoms with Crippen LogP contribution in [0.2, 0.25) is 0 Å². The highest BCUT2D eigenvalue weighted by Gasteiger charge is 2.27. The molecule has 1 N–H and O–H groups in total. The molecule has 0 bridgehead atoms. The molecule has 0 amide bonds. The molecule has 0 aromatic heterocycles. The summed E-state index contributed by atoms with van der Waals surface area (Å²) in [5, 5.41) is 3.48. The van der Waals surface area contributed by atoms with Gasteiger partial charge >= 0.3 is 0 Å². The molecular formula is C18H29FN2. The highest BCUT2D eigenvalue weighted by atomic mass is 19.1. The minimum atomic E-state index is -0.0934. The zero-order valence-corrected chi connectivity index (χ0v) is 14.0. The molecule has 0 aliphatic carbocycles. The van der Waals surface area contributed by atoms with E-state index in [2.05, 4.69) is 44.8 Å². The molecule has 0 spiro atoms. The van der Waals surface area contributed by atoms with Gasteiger partial charge in [-0.25, -0.2) is 4.39 Å². The van der Waals surface area contributed by atoms with Gasteiger partial charge in [-0.15, -0.1) is 0 Å². The SMILES string of the molecule is CC1CCC(C)N(c2c(F)cccc2CNC(C)(C)C)C1. The summed E-state index contributed by atoms with van der Waals surface area (Å²) in [4.78, 5) is 2.27. The number of piperidine rings is 1. The Balaban J connectivity index is 2.28. The van der Waals surface area contributed by atoms with Crippen molar-refractivity contribution < 1.29 is 4.39 Å². The van der Waals surface area contributed by atoms with Crippen molar-refractivity contribution in [3.05, 3.63) is 29.6 Å². The van der Waals surface area contributed by atoms with Crippen molar-refractivity contribution in [3.63, 3.8) is 0 Å². The monoisotopic (exact) mass is 292 g/mol. The molecule has 1 heterocycles. The lowest BCUT2D eigenvalue weighted by Crippen LogP contribution is -2.43. The fourth-order valence-electron chi connectivity index (χ4n) is 2.98. The normalized spacial score (nSPS) is 23.4. The third-order valence-electron chi connectivity index (χ3n) is 4.28. The first-order valence-corrected chi connectivity index (χ1v) is 8.07. The maximum absolute atomic E-state index is 14.5. The number of rotatable bonds is 3. The number of hydrogen-bond donors (Lipinski definition) is 1. The van der Waals surface area contributed by atoms with Crippen LogP contribution in [-0.2, 0) is 6.54 Å². The molecule has 1 aliphatic heterocycles. The van der Waals surface area contributed by atoms with Crippen molar-refractivity contribution in [3.8, 4) is 0 Å². The number of anilines is 1. The van der Waals surface area contributed by atoms with Crippen molar-refractivity contribution in [1.29, 1.82) is 0 Å². The zero-order valence-electron chi connectivity index (χ0n) is 14.0. The molecule has 2 rings (SSSR count). The molecule has 1 aromatic rings. The van der Waals surface area contributed by atoms with E-state index in [4.69, 9.17) is 0 Å². The van der Waals surface area contributed by atoms with Gasteiger partial charge in [0.05, 0.1) is 5.69 Å². The summed E-state index contributed by atoms with van der Waals surface area (Å²) in [6.45, 7) is 12.5. The third kappa shape index (κ3) is 4.19. The predicted molar refractivity (Wildman–Crippen MR) is 88.2 cm³/mol. The van der Waals surface area contributed by atoms with E-state index in [0.29, 0.717) is 18.5 Å². The largest absolute Gasteiger partial charge is 0.366 e. The van der Waals surface area contributed by atoms with Crippen LogP contribution < -0.4 is 10.2 Å². The number of nitrogens with zero attached hydrogens (tertiary/aromatic N) is 1. The molecular weight excluding hydrogens is 263 g/mol. The maximum Gasteiger partial charge on any atom is 0.146 e. The topological polar surface area (TPSA) is 15.3 Å². The Hall–Kier alpha value is -1.09. The van der Waals surface area contributed by atoms with E-state index >= 15 is 0 Å². The molecule has 21 heavy (non-hydrogen) atoms. The Bertz CT molecular complexity index is 479. The number of nitrogens with one attached hydrogen (secondary N) is 1. The Morgan fingerprint density at radius 1 is 1.24 bits per heavy atom. The van der Waals surface area contributed by atoms with E-state index in [1.165, 1.54) is 6.42 Å². The minimum Gasteiger partial charge on any atom is -0.366 e. The number of halogens is 1. The molecule has 1 aliphatic rings. The molecule has 0 saturated carbocycles. The lowest BCUT2D eigenvalue weighted by atomic mass is 9.93. The van der Waals surface area contributed by atoms with Crippen molar-refractivity contribution in [2.45, 2.75) is 65.6 Å². The summed E-state index contributed by atoms with van der Waals surface area (Å²) in [7, 11) is 0. The van der Waals surface area contributed by atoms with Gasteiger partial charge in [-0.1, -0.05) is 19.1 Å². The van der Waals surface area contributed by atoms with Gasteiger partial charge in [0.2, 0.25) is 0 Å². The van der Waals surface area contributed by atoms with Crippen LogP contribution in [0.1, 0.15) is 53.0 Å². The van der Waals surface area contributed by atoms with Crippen LogP contribution in [0.5, 0.6) is 0 Å². The number of benzene rings is 1. The van der Waals surface area contributed by atoms with Crippen LogP contribution in [-0.4, -0.2) is 18.1 Å². The molecule has 3 heteroatoms. The van der Waals surface area contributed by atoms with Crippen molar-refractivity contribution >= 4 is 5.69 Å². The Kier molecular flexibility index (Phi) is 4.92. The molecule has 2 nitrogen and oxygen atoms in total. The van der Waals surface area contributed by atoms with E-state index < -0.39 is 0 Å². The second kappa shape index (κ2) is 6.35. The van der Waals surface area contributed by atoms with E-state index in [-0.39, 0.29) is 11.4 Å². The molecule has 1 saturated heterocycles. The standard InChI is InChI=1S/C18H29FN2/c1-13-9-10-14(2)21(12-13)17-15(7-6-8-16(17)19)11-20-18(3,4)5/h6-8,13-14,20H,9-12H2,1-5H3. The Labute approximate surface area is 128 Å². The molecule has 1 fully saturated rings. The van der Waals surface area contributed by atoms with Gasteiger partial charge in [-0.05, 0) is 58.1 Å². The van der Waals surface area contributed by atoms with Crippen molar-refractivity contribution in [2.24, 2.45) is 5.92 Å². The summed E-state index contributed by atoms with van der Waals surface area (Å²) in [6.07, 6.45) is 2.38. The van der Waals surface area contributed by atoms with E-state index in [9.17, 15) is 4.39 Å². The Morgan fingerprint density at radius 3 is 2.62 bits per heavy atom. The van der Waals surface area contributed by atoms with Crippen molar-refractivity contribution in [2.75, 3.05) is 11.4 Å². The van der Waals surface area contributed by atoms with Crippen LogP contribution in [0.3, 0.4) is 0 Å². The fraction of sp³-hybridized carbons (Fsp3) is 0.667. The van der Waals surface area contributed by atoms with Gasteiger partial charge in [0.25, 0.3) is 0 Å². The van der Waals surface area contributed by atoms with E-state index in [1.54, 1.807) is 6.07 Å². The number of para-hydroxylation sites is 1. The molecule has 0 radical (unpaired) electrons. The highest BCUT2D eigenvalue weighted by molar-refractivity contribution is 5.56. The van der Waals surface area contributed by atoms with Crippen LogP contribution in [0.4, 0.5) is 10.1 Å². The van der Waals surface area contributed by atoms with E-state index in [0.717, 1.165) is 24.2 Å². The lowest BCUT2D eigenvalue weighted by Gasteiger charge is -2.40. The second-order valence-corrected chi connectivity index (χ2v) is 7.54. The minimum absolute atomic E-state index is 0.0321.